The molecule has 2 aromatic heterocycles. The van der Waals surface area contributed by atoms with Crippen LogP contribution in [0.25, 0.3) is 10.7 Å². The third-order valence-electron chi connectivity index (χ3n) is 4.41. The summed E-state index contributed by atoms with van der Waals surface area (Å²) in [7, 11) is -3.75. The van der Waals surface area contributed by atoms with E-state index in [9.17, 15) is 13.2 Å². The summed E-state index contributed by atoms with van der Waals surface area (Å²) >= 11 is 1.23. The van der Waals surface area contributed by atoms with Gasteiger partial charge in [-0.2, -0.15) is 4.98 Å². The van der Waals surface area contributed by atoms with Crippen molar-refractivity contribution in [2.75, 3.05) is 17.8 Å². The number of nitrogens with zero attached hydrogens (tertiary/aromatic N) is 3. The molecule has 1 amide bonds. The minimum Gasteiger partial charge on any atom is -0.334 e. The molecule has 8 nitrogen and oxygen atoms in total. The molecular formula is C18H18N4O4S2. The maximum Gasteiger partial charge on any atom is 0.316 e. The first-order chi connectivity index (χ1) is 13.4. The van der Waals surface area contributed by atoms with E-state index in [4.69, 9.17) is 4.52 Å². The van der Waals surface area contributed by atoms with E-state index in [1.807, 2.05) is 6.07 Å². The standard InChI is InChI=1S/C18H18N4O4S2/c1-12-15(28(24,25)21-13-7-3-2-4-8-13)11-14(27-12)16-19-17(26-20-16)18(23)22-9-5-6-10-22/h2-4,7-8,11,21H,5-6,9-10H2,1H3. The van der Waals surface area contributed by atoms with Crippen molar-refractivity contribution in [1.82, 2.24) is 15.0 Å². The Morgan fingerprint density at radius 2 is 1.93 bits per heavy atom. The van der Waals surface area contributed by atoms with Crippen molar-refractivity contribution in [2.45, 2.75) is 24.7 Å². The number of aryl methyl sites for hydroxylation is 1. The van der Waals surface area contributed by atoms with Gasteiger partial charge in [-0.1, -0.05) is 23.4 Å². The molecule has 0 spiro atoms. The average molecular weight is 419 g/mol. The number of likely N-dealkylation sites (tertiary alicyclic amines) is 1. The van der Waals surface area contributed by atoms with Crippen LogP contribution in [0.4, 0.5) is 5.69 Å². The van der Waals surface area contributed by atoms with Crippen LogP contribution in [0.15, 0.2) is 45.8 Å². The summed E-state index contributed by atoms with van der Waals surface area (Å²) in [6, 6.07) is 10.2. The predicted molar refractivity (Wildman–Crippen MR) is 105 cm³/mol. The summed E-state index contributed by atoms with van der Waals surface area (Å²) in [4.78, 5) is 19.5. The third kappa shape index (κ3) is 3.65. The average Bonchev–Trinajstić information content (AvgIpc) is 3.42. The fraction of sp³-hybridized carbons (Fsp3) is 0.278. The lowest BCUT2D eigenvalue weighted by Gasteiger charge is -2.10. The van der Waals surface area contributed by atoms with Gasteiger partial charge in [0.15, 0.2) is 0 Å². The highest BCUT2D eigenvalue weighted by atomic mass is 32.2. The summed E-state index contributed by atoms with van der Waals surface area (Å²) in [6.45, 7) is 3.08. The lowest BCUT2D eigenvalue weighted by atomic mass is 10.3. The topological polar surface area (TPSA) is 105 Å². The zero-order valence-corrected chi connectivity index (χ0v) is 16.7. The first kappa shape index (κ1) is 18.6. The molecule has 1 aliphatic rings. The van der Waals surface area contributed by atoms with Crippen LogP contribution in [0.1, 0.15) is 28.4 Å². The summed E-state index contributed by atoms with van der Waals surface area (Å²) in [6.07, 6.45) is 1.93. The van der Waals surface area contributed by atoms with Gasteiger partial charge < -0.3 is 9.42 Å². The van der Waals surface area contributed by atoms with Gasteiger partial charge in [0.2, 0.25) is 5.82 Å². The summed E-state index contributed by atoms with van der Waals surface area (Å²) in [5.41, 5.74) is 0.479. The van der Waals surface area contributed by atoms with Crippen LogP contribution in [-0.4, -0.2) is 42.5 Å². The van der Waals surface area contributed by atoms with Gasteiger partial charge in [-0.25, -0.2) is 8.42 Å². The van der Waals surface area contributed by atoms with Crippen molar-refractivity contribution in [3.8, 4) is 10.7 Å². The number of hydrogen-bond acceptors (Lipinski definition) is 7. The number of anilines is 1. The number of rotatable bonds is 5. The second-order valence-electron chi connectivity index (χ2n) is 6.43. The van der Waals surface area contributed by atoms with Gasteiger partial charge in [-0.05, 0) is 38.0 Å². The molecule has 10 heteroatoms. The van der Waals surface area contributed by atoms with E-state index in [1.165, 1.54) is 17.4 Å². The molecule has 0 radical (unpaired) electrons. The van der Waals surface area contributed by atoms with Crippen LogP contribution >= 0.6 is 11.3 Å². The summed E-state index contributed by atoms with van der Waals surface area (Å²) in [5.74, 6) is -0.158. The maximum absolute atomic E-state index is 12.7. The van der Waals surface area contributed by atoms with Gasteiger partial charge in [-0.3, -0.25) is 9.52 Å². The first-order valence-corrected chi connectivity index (χ1v) is 11.1. The molecular weight excluding hydrogens is 400 g/mol. The number of sulfonamides is 1. The fourth-order valence-electron chi connectivity index (χ4n) is 3.02. The highest BCUT2D eigenvalue weighted by molar-refractivity contribution is 7.93. The molecule has 0 saturated carbocycles. The number of benzene rings is 1. The van der Waals surface area contributed by atoms with Crippen molar-refractivity contribution in [3.63, 3.8) is 0 Å². The molecule has 0 atom stereocenters. The van der Waals surface area contributed by atoms with Crippen LogP contribution in [-0.2, 0) is 10.0 Å². The number of para-hydroxylation sites is 1. The molecule has 1 saturated heterocycles. The third-order valence-corrected chi connectivity index (χ3v) is 7.09. The van der Waals surface area contributed by atoms with Crippen LogP contribution in [0, 0.1) is 6.92 Å². The Kier molecular flexibility index (Phi) is 4.90. The first-order valence-electron chi connectivity index (χ1n) is 8.76. The van der Waals surface area contributed by atoms with E-state index >= 15 is 0 Å². The van der Waals surface area contributed by atoms with Gasteiger partial charge in [0.25, 0.3) is 10.0 Å². The van der Waals surface area contributed by atoms with Crippen molar-refractivity contribution in [1.29, 1.82) is 0 Å². The van der Waals surface area contributed by atoms with Crippen molar-refractivity contribution < 1.29 is 17.7 Å². The van der Waals surface area contributed by atoms with Gasteiger partial charge in [0.1, 0.15) is 4.90 Å². The molecule has 1 fully saturated rings. The molecule has 28 heavy (non-hydrogen) atoms. The van der Waals surface area contributed by atoms with Crippen molar-refractivity contribution >= 4 is 33.0 Å². The second-order valence-corrected chi connectivity index (χ2v) is 9.33. The fourth-order valence-corrected chi connectivity index (χ4v) is 5.60. The van der Waals surface area contributed by atoms with Gasteiger partial charge in [0.05, 0.1) is 4.88 Å². The van der Waals surface area contributed by atoms with Crippen LogP contribution < -0.4 is 4.72 Å². The predicted octanol–water partition coefficient (Wildman–Crippen LogP) is 3.14. The monoisotopic (exact) mass is 418 g/mol. The number of amides is 1. The highest BCUT2D eigenvalue weighted by Crippen LogP contribution is 2.33. The van der Waals surface area contributed by atoms with Gasteiger partial charge in [-0.15, -0.1) is 11.3 Å². The Hall–Kier alpha value is -2.72. The minimum absolute atomic E-state index is 0.0743. The Bertz CT molecular complexity index is 1100. The number of carbonyl (C=O) groups is 1. The summed E-state index contributed by atoms with van der Waals surface area (Å²) < 4.78 is 33.1. The Morgan fingerprint density at radius 3 is 2.64 bits per heavy atom. The largest absolute Gasteiger partial charge is 0.334 e. The number of carbonyl (C=O) groups excluding carboxylic acids is 1. The van der Waals surface area contributed by atoms with E-state index in [1.54, 1.807) is 36.1 Å². The van der Waals surface area contributed by atoms with Crippen LogP contribution in [0.2, 0.25) is 0 Å². The van der Waals surface area contributed by atoms with Crippen molar-refractivity contribution in [2.24, 2.45) is 0 Å². The molecule has 1 aromatic carbocycles. The highest BCUT2D eigenvalue weighted by Gasteiger charge is 2.27. The SMILES string of the molecule is Cc1sc(-c2noc(C(=O)N3CCCC3)n2)cc1S(=O)(=O)Nc1ccccc1. The van der Waals surface area contributed by atoms with E-state index in [2.05, 4.69) is 14.9 Å². The van der Waals surface area contributed by atoms with Crippen LogP contribution in [0.3, 0.4) is 0 Å². The van der Waals surface area contributed by atoms with E-state index < -0.39 is 10.0 Å². The Labute approximate surface area is 166 Å². The van der Waals surface area contributed by atoms with E-state index in [-0.39, 0.29) is 22.5 Å². The number of thiophene rings is 1. The van der Waals surface area contributed by atoms with Crippen molar-refractivity contribution in [3.05, 3.63) is 47.2 Å². The zero-order valence-electron chi connectivity index (χ0n) is 15.1. The van der Waals surface area contributed by atoms with Gasteiger partial charge in [0, 0.05) is 23.7 Å². The lowest BCUT2D eigenvalue weighted by molar-refractivity contribution is 0.0743. The maximum atomic E-state index is 12.7. The second kappa shape index (κ2) is 7.36. The minimum atomic E-state index is -3.75. The molecule has 1 aliphatic heterocycles. The molecule has 146 valence electrons. The molecule has 0 aliphatic carbocycles. The number of hydrogen-bond donors (Lipinski definition) is 1. The Morgan fingerprint density at radius 1 is 1.21 bits per heavy atom. The van der Waals surface area contributed by atoms with E-state index in [0.717, 1.165) is 12.8 Å². The molecule has 0 bridgehead atoms. The number of aromatic nitrogens is 2. The number of nitrogens with one attached hydrogen (secondary N) is 1. The molecule has 3 aromatic rings. The molecule has 0 unspecified atom stereocenters. The van der Waals surface area contributed by atoms with Crippen LogP contribution in [0.5, 0.6) is 0 Å². The van der Waals surface area contributed by atoms with Gasteiger partial charge >= 0.3 is 11.8 Å². The lowest BCUT2D eigenvalue weighted by Crippen LogP contribution is -2.27. The molecule has 3 heterocycles. The smallest absolute Gasteiger partial charge is 0.316 e. The molecule has 1 N–H and O–H groups in total. The molecule has 4 rings (SSSR count). The zero-order chi connectivity index (χ0) is 19.7. The summed E-state index contributed by atoms with van der Waals surface area (Å²) in [5, 5.41) is 3.86. The quantitative estimate of drug-likeness (QED) is 0.682. The Balaban J connectivity index is 1.58. The van der Waals surface area contributed by atoms with E-state index in [0.29, 0.717) is 28.5 Å². The normalized spacial score (nSPS) is 14.4.